The number of hydrogen-bond donors (Lipinski definition) is 2. The van der Waals surface area contributed by atoms with Crippen LogP contribution in [0.1, 0.15) is 20.8 Å². The number of carbonyl (C=O) groups excluding carboxylic acids is 1. The normalized spacial score (nSPS) is 11.2. The average molecular weight is 270 g/mol. The van der Waals surface area contributed by atoms with Crippen LogP contribution in [0.15, 0.2) is 9.59 Å². The van der Waals surface area contributed by atoms with Crippen LogP contribution in [0.2, 0.25) is 0 Å². The number of methoxy groups -OCH3 is 1. The lowest BCUT2D eigenvalue weighted by Gasteiger charge is -2.19. The zero-order valence-corrected chi connectivity index (χ0v) is 11.5. The van der Waals surface area contributed by atoms with E-state index in [2.05, 4.69) is 10.6 Å². The van der Waals surface area contributed by atoms with Crippen LogP contribution in [0, 0.1) is 0 Å². The van der Waals surface area contributed by atoms with Crippen LogP contribution in [0.3, 0.4) is 0 Å². The lowest BCUT2D eigenvalue weighted by molar-refractivity contribution is 0.0530. The van der Waals surface area contributed by atoms with Gasteiger partial charge in [-0.2, -0.15) is 0 Å². The summed E-state index contributed by atoms with van der Waals surface area (Å²) in [6.45, 7) is 5.84. The highest BCUT2D eigenvalue weighted by Crippen LogP contribution is 2.15. The fourth-order valence-corrected chi connectivity index (χ4v) is 1.39. The molecule has 0 aliphatic rings. The molecule has 1 aromatic carbocycles. The van der Waals surface area contributed by atoms with Gasteiger partial charge in [0, 0.05) is 13.1 Å². The van der Waals surface area contributed by atoms with Crippen molar-refractivity contribution < 1.29 is 14.3 Å². The van der Waals surface area contributed by atoms with Gasteiger partial charge < -0.3 is 20.1 Å². The first-order valence-corrected chi connectivity index (χ1v) is 5.84. The van der Waals surface area contributed by atoms with E-state index in [4.69, 9.17) is 9.47 Å². The van der Waals surface area contributed by atoms with Gasteiger partial charge in [-0.3, -0.25) is 9.59 Å². The van der Waals surface area contributed by atoms with E-state index in [1.54, 1.807) is 20.8 Å². The Morgan fingerprint density at radius 2 is 1.79 bits per heavy atom. The summed E-state index contributed by atoms with van der Waals surface area (Å²) in [5.74, 6) is 0.0299. The fourth-order valence-electron chi connectivity index (χ4n) is 1.39. The predicted molar refractivity (Wildman–Crippen MR) is 70.6 cm³/mol. The fraction of sp³-hybridized carbons (Fsp3) is 0.583. The summed E-state index contributed by atoms with van der Waals surface area (Å²) in [6.07, 6.45) is -0.536. The Bertz CT molecular complexity index is 523. The summed E-state index contributed by atoms with van der Waals surface area (Å²) in [7, 11) is 1.32. The molecular formula is C12H18N2O5. The number of anilines is 1. The SMILES string of the molecule is COc1c(NCCNC(=O)OC(C)(C)C)c(=O)c1=O. The molecule has 0 aliphatic carbocycles. The third-order valence-electron chi connectivity index (χ3n) is 2.17. The average Bonchev–Trinajstić information content (AvgIpc) is 2.29. The third kappa shape index (κ3) is 3.97. The smallest absolute Gasteiger partial charge is 0.407 e. The Hall–Kier alpha value is -2.05. The minimum atomic E-state index is -0.634. The monoisotopic (exact) mass is 270 g/mol. The topological polar surface area (TPSA) is 93.7 Å². The van der Waals surface area contributed by atoms with Crippen molar-refractivity contribution in [1.29, 1.82) is 0 Å². The summed E-state index contributed by atoms with van der Waals surface area (Å²) < 4.78 is 9.79. The van der Waals surface area contributed by atoms with E-state index in [0.717, 1.165) is 0 Å². The minimum Gasteiger partial charge on any atom is -0.491 e. The predicted octanol–water partition coefficient (Wildman–Crippen LogP) is 0.228. The Morgan fingerprint density at radius 3 is 2.32 bits per heavy atom. The molecule has 0 spiro atoms. The molecule has 0 saturated heterocycles. The highest BCUT2D eigenvalue weighted by atomic mass is 16.6. The first kappa shape index (κ1) is 15.0. The highest BCUT2D eigenvalue weighted by Gasteiger charge is 2.21. The maximum atomic E-state index is 11.3. The van der Waals surface area contributed by atoms with Crippen LogP contribution in [0.5, 0.6) is 5.75 Å². The Balaban J connectivity index is 2.32. The lowest BCUT2D eigenvalue weighted by atomic mass is 10.2. The molecule has 0 aromatic heterocycles. The van der Waals surface area contributed by atoms with Crippen molar-refractivity contribution >= 4 is 11.8 Å². The maximum Gasteiger partial charge on any atom is 0.407 e. The van der Waals surface area contributed by atoms with Gasteiger partial charge in [0.2, 0.25) is 0 Å². The van der Waals surface area contributed by atoms with E-state index >= 15 is 0 Å². The van der Waals surface area contributed by atoms with Crippen molar-refractivity contribution in [1.82, 2.24) is 5.32 Å². The number of rotatable bonds is 5. The Kier molecular flexibility index (Phi) is 4.52. The summed E-state index contributed by atoms with van der Waals surface area (Å²) in [4.78, 5) is 33.5. The van der Waals surface area contributed by atoms with Crippen LogP contribution < -0.4 is 26.2 Å². The number of nitrogens with one attached hydrogen (secondary N) is 2. The molecule has 1 amide bonds. The van der Waals surface area contributed by atoms with E-state index in [9.17, 15) is 14.4 Å². The molecule has 0 fully saturated rings. The van der Waals surface area contributed by atoms with Gasteiger partial charge in [0.1, 0.15) is 11.3 Å². The summed E-state index contributed by atoms with van der Waals surface area (Å²) >= 11 is 0. The Labute approximate surface area is 110 Å². The van der Waals surface area contributed by atoms with E-state index in [1.807, 2.05) is 0 Å². The van der Waals surface area contributed by atoms with Crippen molar-refractivity contribution in [2.75, 3.05) is 25.5 Å². The van der Waals surface area contributed by atoms with Crippen molar-refractivity contribution in [3.05, 3.63) is 20.4 Å². The standard InChI is InChI=1S/C12H18N2O5/c1-12(2,3)19-11(17)14-6-5-13-7-8(15)9(16)10(7)18-4/h13H,5-6H2,1-4H3,(H,14,17). The quantitative estimate of drug-likeness (QED) is 0.587. The van der Waals surface area contributed by atoms with Crippen molar-refractivity contribution in [2.24, 2.45) is 0 Å². The molecule has 0 aliphatic heterocycles. The highest BCUT2D eigenvalue weighted by molar-refractivity contribution is 5.67. The van der Waals surface area contributed by atoms with Crippen LogP contribution in [-0.4, -0.2) is 31.9 Å². The van der Waals surface area contributed by atoms with E-state index in [1.165, 1.54) is 7.11 Å². The van der Waals surface area contributed by atoms with Gasteiger partial charge in [-0.15, -0.1) is 0 Å². The van der Waals surface area contributed by atoms with Crippen LogP contribution >= 0.6 is 0 Å². The molecule has 106 valence electrons. The summed E-state index contributed by atoms with van der Waals surface area (Å²) in [5, 5.41) is 5.25. The van der Waals surface area contributed by atoms with Crippen LogP contribution in [-0.2, 0) is 4.74 Å². The number of amides is 1. The first-order valence-electron chi connectivity index (χ1n) is 5.84. The van der Waals surface area contributed by atoms with Gasteiger partial charge in [0.25, 0.3) is 10.9 Å². The second kappa shape index (κ2) is 5.73. The van der Waals surface area contributed by atoms with Crippen LogP contribution in [0.4, 0.5) is 10.5 Å². The molecule has 0 bridgehead atoms. The summed E-state index contributed by atoms with van der Waals surface area (Å²) in [5.41, 5.74) is -1.64. The van der Waals surface area contributed by atoms with Gasteiger partial charge in [0.15, 0.2) is 5.75 Å². The number of alkyl carbamates (subject to hydrolysis) is 1. The molecule has 0 saturated carbocycles. The van der Waals surface area contributed by atoms with E-state index < -0.39 is 22.6 Å². The molecule has 0 radical (unpaired) electrons. The second-order valence-electron chi connectivity index (χ2n) is 4.92. The van der Waals surface area contributed by atoms with Gasteiger partial charge in [0.05, 0.1) is 7.11 Å². The first-order chi connectivity index (χ1) is 8.76. The molecule has 19 heavy (non-hydrogen) atoms. The summed E-state index contributed by atoms with van der Waals surface area (Å²) in [6, 6.07) is 0. The second-order valence-corrected chi connectivity index (χ2v) is 4.92. The van der Waals surface area contributed by atoms with Gasteiger partial charge in [-0.1, -0.05) is 0 Å². The van der Waals surface area contributed by atoms with Crippen molar-refractivity contribution in [3.63, 3.8) is 0 Å². The molecule has 0 unspecified atom stereocenters. The largest absolute Gasteiger partial charge is 0.491 e. The van der Waals surface area contributed by atoms with Crippen molar-refractivity contribution in [3.8, 4) is 5.75 Å². The number of carbonyl (C=O) groups is 1. The zero-order chi connectivity index (χ0) is 14.6. The number of hydrogen-bond acceptors (Lipinski definition) is 6. The molecule has 7 heteroatoms. The molecular weight excluding hydrogens is 252 g/mol. The Morgan fingerprint density at radius 1 is 1.16 bits per heavy atom. The van der Waals surface area contributed by atoms with Gasteiger partial charge in [-0.25, -0.2) is 4.79 Å². The van der Waals surface area contributed by atoms with E-state index in [-0.39, 0.29) is 18.0 Å². The molecule has 0 heterocycles. The molecule has 0 atom stereocenters. The lowest BCUT2D eigenvalue weighted by Crippen LogP contribution is -2.38. The zero-order valence-electron chi connectivity index (χ0n) is 11.5. The maximum absolute atomic E-state index is 11.3. The number of ether oxygens (including phenoxy) is 2. The van der Waals surface area contributed by atoms with Gasteiger partial charge >= 0.3 is 6.09 Å². The van der Waals surface area contributed by atoms with Crippen LogP contribution in [0.25, 0.3) is 0 Å². The molecule has 7 nitrogen and oxygen atoms in total. The van der Waals surface area contributed by atoms with E-state index in [0.29, 0.717) is 6.54 Å². The van der Waals surface area contributed by atoms with Crippen molar-refractivity contribution in [2.45, 2.75) is 26.4 Å². The molecule has 1 rings (SSSR count). The minimum absolute atomic E-state index is 0.0299. The van der Waals surface area contributed by atoms with Gasteiger partial charge in [-0.05, 0) is 20.8 Å². The molecule has 2 N–H and O–H groups in total. The molecule has 1 aromatic rings. The third-order valence-corrected chi connectivity index (χ3v) is 2.17.